The zero-order valence-corrected chi connectivity index (χ0v) is 27.4. The van der Waals surface area contributed by atoms with Crippen molar-refractivity contribution in [2.75, 3.05) is 13.2 Å². The number of phenols is 2. The standard InChI is InChI=1S/C41H44N2O4/c1-3-5-7-13-23-46-28-19-21-30-34(25-28)40(32-15-9-11-17-38(32)44)42-36(30)27-37-31-22-20-29(47-24-14-8-6-4-2)26-35(31)41(43-37)33-16-10-12-18-39(33)45/h9-12,15-22,25-27,42,44-45H,3-8,13-14,23-24H2,1-2H3/b37-27+. The number of ether oxygens (including phenoxy) is 2. The van der Waals surface area contributed by atoms with Gasteiger partial charge in [0.25, 0.3) is 0 Å². The van der Waals surface area contributed by atoms with E-state index in [0.717, 1.165) is 76.2 Å². The van der Waals surface area contributed by atoms with E-state index in [2.05, 4.69) is 37.0 Å². The first-order valence-corrected chi connectivity index (χ1v) is 17.0. The van der Waals surface area contributed by atoms with Gasteiger partial charge in [-0.15, -0.1) is 0 Å². The van der Waals surface area contributed by atoms with Crippen molar-refractivity contribution in [1.82, 2.24) is 4.98 Å². The van der Waals surface area contributed by atoms with Crippen LogP contribution in [0, 0.1) is 0 Å². The first-order chi connectivity index (χ1) is 23.1. The van der Waals surface area contributed by atoms with E-state index in [1.54, 1.807) is 12.1 Å². The van der Waals surface area contributed by atoms with Crippen molar-refractivity contribution in [3.63, 3.8) is 0 Å². The summed E-state index contributed by atoms with van der Waals surface area (Å²) in [4.78, 5) is 8.70. The molecule has 0 saturated heterocycles. The van der Waals surface area contributed by atoms with E-state index in [4.69, 9.17) is 14.5 Å². The summed E-state index contributed by atoms with van der Waals surface area (Å²) in [6, 6.07) is 26.9. The number of phenolic OH excluding ortho intramolecular Hbond substituents is 2. The van der Waals surface area contributed by atoms with Gasteiger partial charge in [0.1, 0.15) is 23.0 Å². The molecule has 1 aliphatic heterocycles. The summed E-state index contributed by atoms with van der Waals surface area (Å²) in [7, 11) is 0. The lowest BCUT2D eigenvalue weighted by Crippen LogP contribution is -2.03. The van der Waals surface area contributed by atoms with Crippen LogP contribution in [0.15, 0.2) is 89.9 Å². The van der Waals surface area contributed by atoms with Crippen molar-refractivity contribution in [1.29, 1.82) is 0 Å². The summed E-state index contributed by atoms with van der Waals surface area (Å²) in [5.74, 6) is 1.98. The number of H-pyrrole nitrogens is 1. The lowest BCUT2D eigenvalue weighted by Gasteiger charge is -2.10. The summed E-state index contributed by atoms with van der Waals surface area (Å²) >= 11 is 0. The van der Waals surface area contributed by atoms with Crippen LogP contribution in [0.5, 0.6) is 23.0 Å². The predicted octanol–water partition coefficient (Wildman–Crippen LogP) is 10.5. The molecule has 0 spiro atoms. The fraction of sp³-hybridized carbons (Fsp3) is 0.293. The molecule has 6 nitrogen and oxygen atoms in total. The van der Waals surface area contributed by atoms with Crippen LogP contribution in [0.4, 0.5) is 0 Å². The minimum atomic E-state index is 0.179. The first kappa shape index (κ1) is 32.0. The number of rotatable bonds is 15. The van der Waals surface area contributed by atoms with E-state index in [0.29, 0.717) is 30.1 Å². The van der Waals surface area contributed by atoms with Gasteiger partial charge in [-0.05, 0) is 79.6 Å². The molecule has 0 amide bonds. The van der Waals surface area contributed by atoms with Gasteiger partial charge >= 0.3 is 0 Å². The second-order valence-electron chi connectivity index (χ2n) is 12.2. The molecule has 0 aliphatic carbocycles. The molecule has 1 aromatic heterocycles. The van der Waals surface area contributed by atoms with Crippen LogP contribution in [-0.4, -0.2) is 34.1 Å². The van der Waals surface area contributed by atoms with Crippen molar-refractivity contribution < 1.29 is 19.7 Å². The lowest BCUT2D eigenvalue weighted by molar-refractivity contribution is 0.305. The number of hydrogen-bond donors (Lipinski definition) is 3. The SMILES string of the molecule is CCCCCCOc1ccc2c(c1)C(c1ccccc1O)=N/C2=C/c1[nH]c(-c2ccccc2O)c2cc(OCCCCCC)ccc12. The van der Waals surface area contributed by atoms with Gasteiger partial charge in [-0.3, -0.25) is 0 Å². The highest BCUT2D eigenvalue weighted by Gasteiger charge is 2.25. The van der Waals surface area contributed by atoms with Crippen LogP contribution in [0.1, 0.15) is 87.6 Å². The molecule has 0 bridgehead atoms. The minimum Gasteiger partial charge on any atom is -0.507 e. The highest BCUT2D eigenvalue weighted by atomic mass is 16.5. The fourth-order valence-electron chi connectivity index (χ4n) is 6.17. The maximum absolute atomic E-state index is 10.8. The van der Waals surface area contributed by atoms with Gasteiger partial charge < -0.3 is 24.7 Å². The van der Waals surface area contributed by atoms with Crippen molar-refractivity contribution in [2.45, 2.75) is 65.2 Å². The normalized spacial score (nSPS) is 13.2. The molecule has 0 unspecified atom stereocenters. The molecule has 242 valence electrons. The molecule has 0 atom stereocenters. The third kappa shape index (κ3) is 7.22. The molecule has 0 fully saturated rings. The molecule has 1 aliphatic rings. The van der Waals surface area contributed by atoms with Gasteiger partial charge in [-0.25, -0.2) is 4.99 Å². The van der Waals surface area contributed by atoms with Gasteiger partial charge in [-0.1, -0.05) is 76.6 Å². The van der Waals surface area contributed by atoms with Crippen LogP contribution in [0.3, 0.4) is 0 Å². The number of fused-ring (bicyclic) bond motifs is 2. The molecule has 4 aromatic carbocycles. The molecule has 0 radical (unpaired) electrons. The number of nitrogens with zero attached hydrogens (tertiary/aromatic N) is 1. The monoisotopic (exact) mass is 628 g/mol. The van der Waals surface area contributed by atoms with Crippen LogP contribution in [0.2, 0.25) is 0 Å². The zero-order chi connectivity index (χ0) is 32.6. The molecule has 3 N–H and O–H groups in total. The van der Waals surface area contributed by atoms with E-state index in [9.17, 15) is 10.2 Å². The third-order valence-corrected chi connectivity index (χ3v) is 8.71. The largest absolute Gasteiger partial charge is 0.507 e. The Labute approximate surface area is 277 Å². The Morgan fingerprint density at radius 3 is 1.89 bits per heavy atom. The Morgan fingerprint density at radius 1 is 0.617 bits per heavy atom. The van der Waals surface area contributed by atoms with Crippen molar-refractivity contribution in [3.8, 4) is 34.3 Å². The molecule has 0 saturated carbocycles. The quantitative estimate of drug-likeness (QED) is 0.101. The fourth-order valence-corrected chi connectivity index (χ4v) is 6.17. The third-order valence-electron chi connectivity index (χ3n) is 8.71. The Kier molecular flexibility index (Phi) is 10.3. The number of aromatic amines is 1. The summed E-state index contributed by atoms with van der Waals surface area (Å²) in [6.07, 6.45) is 11.2. The Hall–Kier alpha value is -4.97. The van der Waals surface area contributed by atoms with E-state index in [1.807, 2.05) is 60.7 Å². The van der Waals surface area contributed by atoms with E-state index in [-0.39, 0.29) is 11.5 Å². The average molecular weight is 629 g/mol. The molecular weight excluding hydrogens is 584 g/mol. The lowest BCUT2D eigenvalue weighted by atomic mass is 9.98. The van der Waals surface area contributed by atoms with Crippen molar-refractivity contribution in [3.05, 3.63) is 107 Å². The number of benzene rings is 4. The van der Waals surface area contributed by atoms with Crippen LogP contribution < -0.4 is 9.47 Å². The molecule has 47 heavy (non-hydrogen) atoms. The smallest absolute Gasteiger partial charge is 0.124 e. The van der Waals surface area contributed by atoms with E-state index >= 15 is 0 Å². The molecule has 6 heteroatoms. The molecule has 2 heterocycles. The second kappa shape index (κ2) is 15.1. The highest BCUT2D eigenvalue weighted by Crippen LogP contribution is 2.41. The van der Waals surface area contributed by atoms with Crippen LogP contribution in [-0.2, 0) is 0 Å². The van der Waals surface area contributed by atoms with Gasteiger partial charge in [-0.2, -0.15) is 0 Å². The number of aliphatic imine (C=N–C) groups is 1. The van der Waals surface area contributed by atoms with Gasteiger partial charge in [0.2, 0.25) is 0 Å². The molecule has 5 aromatic rings. The van der Waals surface area contributed by atoms with Crippen LogP contribution in [0.25, 0.3) is 33.8 Å². The minimum absolute atomic E-state index is 0.179. The number of hydrogen-bond acceptors (Lipinski definition) is 5. The molecule has 6 rings (SSSR count). The maximum Gasteiger partial charge on any atom is 0.124 e. The molecular formula is C41H44N2O4. The first-order valence-electron chi connectivity index (χ1n) is 17.0. The average Bonchev–Trinajstić information content (AvgIpc) is 3.62. The van der Waals surface area contributed by atoms with E-state index < -0.39 is 0 Å². The summed E-state index contributed by atoms with van der Waals surface area (Å²) in [5.41, 5.74) is 6.42. The highest BCUT2D eigenvalue weighted by molar-refractivity contribution is 6.23. The predicted molar refractivity (Wildman–Crippen MR) is 193 cm³/mol. The number of nitrogens with one attached hydrogen (secondary N) is 1. The Balaban J connectivity index is 1.41. The van der Waals surface area contributed by atoms with Gasteiger partial charge in [0.05, 0.1) is 30.3 Å². The van der Waals surface area contributed by atoms with Gasteiger partial charge in [0.15, 0.2) is 0 Å². The van der Waals surface area contributed by atoms with Crippen molar-refractivity contribution in [2.24, 2.45) is 4.99 Å². The number of unbranched alkanes of at least 4 members (excludes halogenated alkanes) is 6. The number of aromatic nitrogens is 1. The zero-order valence-electron chi connectivity index (χ0n) is 27.4. The second-order valence-corrected chi connectivity index (χ2v) is 12.2. The maximum atomic E-state index is 10.8. The number of para-hydroxylation sites is 2. The van der Waals surface area contributed by atoms with Crippen molar-refractivity contribution >= 4 is 28.3 Å². The Bertz CT molecular complexity index is 1900. The number of aromatic hydroxyl groups is 2. The van der Waals surface area contributed by atoms with E-state index in [1.165, 1.54) is 25.7 Å². The Morgan fingerprint density at radius 2 is 1.23 bits per heavy atom. The van der Waals surface area contributed by atoms with Crippen LogP contribution >= 0.6 is 0 Å². The summed E-state index contributed by atoms with van der Waals surface area (Å²) in [6.45, 7) is 5.75. The summed E-state index contributed by atoms with van der Waals surface area (Å²) < 4.78 is 12.3. The topological polar surface area (TPSA) is 87.1 Å². The summed E-state index contributed by atoms with van der Waals surface area (Å²) in [5, 5.41) is 23.6. The van der Waals surface area contributed by atoms with Gasteiger partial charge in [0, 0.05) is 38.7 Å².